The quantitative estimate of drug-likeness (QED) is 0.193. The number of fused-ring (bicyclic) bond motifs is 12. The van der Waals surface area contributed by atoms with Crippen molar-refractivity contribution in [1.82, 2.24) is 14.5 Å². The number of allylic oxidation sites excluding steroid dienone is 2. The zero-order chi connectivity index (χ0) is 40.7. The number of nitrogens with one attached hydrogen (secondary N) is 1. The van der Waals surface area contributed by atoms with Gasteiger partial charge < -0.3 is 19.5 Å². The Hall–Kier alpha value is -8.28. The molecule has 0 spiro atoms. The van der Waals surface area contributed by atoms with E-state index < -0.39 is 0 Å². The van der Waals surface area contributed by atoms with Crippen molar-refractivity contribution >= 4 is 67.7 Å². The highest BCUT2D eigenvalue weighted by Gasteiger charge is 2.32. The molecule has 1 unspecified atom stereocenters. The van der Waals surface area contributed by atoms with E-state index in [1.54, 1.807) is 0 Å². The third-order valence-corrected chi connectivity index (χ3v) is 12.7. The SMILES string of the molecule is C1=CC(c2cccc(-n3c4ccccc4c4cc5c(cc43)Oc3ccccc3C=C5)c2)NC(n2c3c(c4ccccc42)-c2ccccc2N(c2ccccc2)c2ccccc2-3)=C1. The first kappa shape index (κ1) is 34.6. The Kier molecular flexibility index (Phi) is 7.60. The van der Waals surface area contributed by atoms with Crippen LogP contribution in [0.5, 0.6) is 11.5 Å². The van der Waals surface area contributed by atoms with Gasteiger partial charge in [0.15, 0.2) is 0 Å². The first-order valence-corrected chi connectivity index (χ1v) is 21.2. The van der Waals surface area contributed by atoms with E-state index in [0.717, 1.165) is 67.7 Å². The van der Waals surface area contributed by atoms with Gasteiger partial charge in [0.1, 0.15) is 17.3 Å². The van der Waals surface area contributed by atoms with Crippen LogP contribution >= 0.6 is 0 Å². The molecule has 3 aliphatic heterocycles. The van der Waals surface area contributed by atoms with Gasteiger partial charge in [-0.2, -0.15) is 0 Å². The van der Waals surface area contributed by atoms with Crippen LogP contribution in [-0.4, -0.2) is 9.13 Å². The number of ether oxygens (including phenoxy) is 1. The van der Waals surface area contributed by atoms with E-state index in [9.17, 15) is 0 Å². The summed E-state index contributed by atoms with van der Waals surface area (Å²) in [5.74, 6) is 2.73. The number of dihydropyridines is 1. The second kappa shape index (κ2) is 13.6. The summed E-state index contributed by atoms with van der Waals surface area (Å²) in [4.78, 5) is 2.41. The van der Waals surface area contributed by atoms with Gasteiger partial charge in [0.2, 0.25) is 0 Å². The largest absolute Gasteiger partial charge is 0.456 e. The van der Waals surface area contributed by atoms with Crippen LogP contribution in [0.2, 0.25) is 0 Å². The summed E-state index contributed by atoms with van der Waals surface area (Å²) in [6.45, 7) is 0. The molecule has 10 aromatic rings. The Bertz CT molecular complexity index is 3550. The summed E-state index contributed by atoms with van der Waals surface area (Å²) in [6.07, 6.45) is 11.0. The highest BCUT2D eigenvalue weighted by atomic mass is 16.5. The molecule has 62 heavy (non-hydrogen) atoms. The molecule has 13 rings (SSSR count). The van der Waals surface area contributed by atoms with E-state index in [2.05, 4.69) is 226 Å². The number of rotatable bonds is 4. The highest BCUT2D eigenvalue weighted by Crippen LogP contribution is 2.54. The van der Waals surface area contributed by atoms with Crippen LogP contribution in [0.1, 0.15) is 22.7 Å². The fourth-order valence-electron chi connectivity index (χ4n) is 9.97. The molecule has 0 amide bonds. The van der Waals surface area contributed by atoms with Gasteiger partial charge in [-0.1, -0.05) is 146 Å². The van der Waals surface area contributed by atoms with Crippen LogP contribution in [0.3, 0.4) is 0 Å². The Labute approximate surface area is 359 Å². The molecule has 3 aliphatic rings. The van der Waals surface area contributed by atoms with Crippen molar-refractivity contribution < 1.29 is 4.74 Å². The number of benzene rings is 8. The minimum atomic E-state index is -0.0878. The van der Waals surface area contributed by atoms with Crippen LogP contribution in [0.15, 0.2) is 206 Å². The van der Waals surface area contributed by atoms with Gasteiger partial charge in [-0.15, -0.1) is 0 Å². The summed E-state index contributed by atoms with van der Waals surface area (Å²) in [7, 11) is 0. The van der Waals surface area contributed by atoms with Crippen LogP contribution in [-0.2, 0) is 0 Å². The molecule has 0 aliphatic carbocycles. The van der Waals surface area contributed by atoms with Crippen molar-refractivity contribution in [1.29, 1.82) is 0 Å². The number of aromatic nitrogens is 2. The van der Waals surface area contributed by atoms with Gasteiger partial charge in [0.05, 0.1) is 39.7 Å². The normalized spacial score (nSPS) is 14.8. The molecule has 292 valence electrons. The van der Waals surface area contributed by atoms with E-state index >= 15 is 0 Å². The molecule has 5 heterocycles. The predicted molar refractivity (Wildman–Crippen MR) is 257 cm³/mol. The van der Waals surface area contributed by atoms with E-state index in [4.69, 9.17) is 4.74 Å². The summed E-state index contributed by atoms with van der Waals surface area (Å²) in [5.41, 5.74) is 16.0. The molecule has 1 N–H and O–H groups in total. The summed E-state index contributed by atoms with van der Waals surface area (Å²) < 4.78 is 11.4. The fourth-order valence-corrected chi connectivity index (χ4v) is 9.97. The van der Waals surface area contributed by atoms with Crippen molar-refractivity contribution in [2.75, 3.05) is 4.90 Å². The monoisotopic (exact) mass is 794 g/mol. The number of para-hydroxylation sites is 6. The molecule has 8 aromatic carbocycles. The zero-order valence-corrected chi connectivity index (χ0v) is 33.6. The first-order chi connectivity index (χ1) is 30.8. The topological polar surface area (TPSA) is 34.4 Å². The minimum Gasteiger partial charge on any atom is -0.456 e. The van der Waals surface area contributed by atoms with Crippen molar-refractivity contribution in [3.63, 3.8) is 0 Å². The van der Waals surface area contributed by atoms with Gasteiger partial charge in [0, 0.05) is 61.4 Å². The van der Waals surface area contributed by atoms with Crippen LogP contribution in [0.4, 0.5) is 17.1 Å². The van der Waals surface area contributed by atoms with E-state index in [0.29, 0.717) is 0 Å². The Morgan fingerprint density at radius 2 is 1.15 bits per heavy atom. The second-order valence-corrected chi connectivity index (χ2v) is 16.2. The van der Waals surface area contributed by atoms with Gasteiger partial charge in [-0.25, -0.2) is 0 Å². The van der Waals surface area contributed by atoms with Gasteiger partial charge in [0.25, 0.3) is 0 Å². The van der Waals surface area contributed by atoms with Gasteiger partial charge in [-0.3, -0.25) is 4.57 Å². The van der Waals surface area contributed by atoms with E-state index in [1.807, 2.05) is 12.1 Å². The van der Waals surface area contributed by atoms with Crippen molar-refractivity contribution in [2.45, 2.75) is 6.04 Å². The number of anilines is 3. The molecule has 0 fully saturated rings. The molecule has 0 saturated heterocycles. The van der Waals surface area contributed by atoms with Crippen molar-refractivity contribution in [3.05, 3.63) is 223 Å². The summed E-state index contributed by atoms with van der Waals surface area (Å²) in [6, 6.07) is 67.5. The zero-order valence-electron chi connectivity index (χ0n) is 33.6. The molecule has 0 radical (unpaired) electrons. The molecule has 1 atom stereocenters. The molecule has 0 bridgehead atoms. The smallest absolute Gasteiger partial charge is 0.136 e. The maximum atomic E-state index is 6.60. The minimum absolute atomic E-state index is 0.0878. The maximum absolute atomic E-state index is 6.60. The molecular formula is C57H38N4O. The lowest BCUT2D eigenvalue weighted by molar-refractivity contribution is 0.482. The van der Waals surface area contributed by atoms with Crippen molar-refractivity contribution in [3.8, 4) is 39.6 Å². The van der Waals surface area contributed by atoms with E-state index in [1.165, 1.54) is 44.1 Å². The molecular weight excluding hydrogens is 757 g/mol. The van der Waals surface area contributed by atoms with Gasteiger partial charge in [-0.05, 0) is 72.3 Å². The molecule has 5 heteroatoms. The number of hydrogen-bond donors (Lipinski definition) is 1. The molecule has 5 nitrogen and oxygen atoms in total. The fraction of sp³-hybridized carbons (Fsp3) is 0.0175. The Morgan fingerprint density at radius 3 is 2.02 bits per heavy atom. The lowest BCUT2D eigenvalue weighted by Crippen LogP contribution is -2.24. The highest BCUT2D eigenvalue weighted by molar-refractivity contribution is 6.14. The van der Waals surface area contributed by atoms with Crippen LogP contribution in [0, 0.1) is 0 Å². The third-order valence-electron chi connectivity index (χ3n) is 12.7. The lowest BCUT2D eigenvalue weighted by Gasteiger charge is -2.28. The van der Waals surface area contributed by atoms with Crippen LogP contribution in [0.25, 0.3) is 78.8 Å². The van der Waals surface area contributed by atoms with Crippen LogP contribution < -0.4 is 15.0 Å². The number of nitrogens with zero attached hydrogens (tertiary/aromatic N) is 3. The number of hydrogen-bond acceptors (Lipinski definition) is 3. The average Bonchev–Trinajstić information content (AvgIpc) is 3.72. The van der Waals surface area contributed by atoms with Gasteiger partial charge >= 0.3 is 0 Å². The maximum Gasteiger partial charge on any atom is 0.136 e. The predicted octanol–water partition coefficient (Wildman–Crippen LogP) is 14.8. The average molecular weight is 795 g/mol. The Balaban J connectivity index is 0.945. The first-order valence-electron chi connectivity index (χ1n) is 21.2. The second-order valence-electron chi connectivity index (χ2n) is 16.2. The van der Waals surface area contributed by atoms with Crippen molar-refractivity contribution in [2.24, 2.45) is 0 Å². The van der Waals surface area contributed by atoms with E-state index in [-0.39, 0.29) is 6.04 Å². The molecule has 2 aromatic heterocycles. The summed E-state index contributed by atoms with van der Waals surface area (Å²) in [5, 5.41) is 7.63. The Morgan fingerprint density at radius 1 is 0.468 bits per heavy atom. The summed E-state index contributed by atoms with van der Waals surface area (Å²) >= 11 is 0. The third kappa shape index (κ3) is 5.22. The lowest BCUT2D eigenvalue weighted by atomic mass is 9.98. The molecule has 0 saturated carbocycles. The standard InChI is InChI=1S/C57H38N4O/c1-2-18-40(19-3-1)59-49-27-10-6-22-43(49)56-44-23-7-11-28-50(44)61(57(56)45-24-8-12-29-51(45)59)55-31-15-25-47(58-55)38-17-14-20-41(34-38)60-48-26-9-5-21-42(48)46-35-39-33-32-37-16-4-13-30-53(37)62-54(39)36-52(46)60/h1-36,47,58H.